The quantitative estimate of drug-likeness (QED) is 0.660. The summed E-state index contributed by atoms with van der Waals surface area (Å²) in [6.07, 6.45) is 1.95. The number of morpholine rings is 1. The van der Waals surface area contributed by atoms with Crippen LogP contribution in [0.2, 0.25) is 0 Å². The number of rotatable bonds is 7. The van der Waals surface area contributed by atoms with E-state index in [-0.39, 0.29) is 11.9 Å². The maximum absolute atomic E-state index is 12.6. The fourth-order valence-corrected chi connectivity index (χ4v) is 4.41. The predicted octanol–water partition coefficient (Wildman–Crippen LogP) is 3.24. The molecule has 0 unspecified atom stereocenters. The zero-order valence-corrected chi connectivity index (χ0v) is 16.7. The van der Waals surface area contributed by atoms with Crippen LogP contribution in [0.15, 0.2) is 46.4 Å². The summed E-state index contributed by atoms with van der Waals surface area (Å²) in [4.78, 5) is 16.3. The van der Waals surface area contributed by atoms with Crippen LogP contribution in [0.4, 0.5) is 0 Å². The second-order valence-corrected chi connectivity index (χ2v) is 7.76. The van der Waals surface area contributed by atoms with E-state index in [1.807, 2.05) is 18.2 Å². The first-order chi connectivity index (χ1) is 13.7. The summed E-state index contributed by atoms with van der Waals surface area (Å²) in [5, 5.41) is 6.14. The van der Waals surface area contributed by atoms with E-state index < -0.39 is 0 Å². The largest absolute Gasteiger partial charge is 0.497 e. The van der Waals surface area contributed by atoms with Crippen molar-refractivity contribution in [2.24, 2.45) is 0 Å². The van der Waals surface area contributed by atoms with Gasteiger partial charge in [-0.15, -0.1) is 11.3 Å². The van der Waals surface area contributed by atoms with Gasteiger partial charge in [-0.2, -0.15) is 0 Å². The average molecular weight is 401 g/mol. The second-order valence-electron chi connectivity index (χ2n) is 6.78. The maximum atomic E-state index is 12.6. The molecule has 3 aromatic rings. The Kier molecular flexibility index (Phi) is 5.95. The molecule has 1 fully saturated rings. The first-order valence-corrected chi connectivity index (χ1v) is 10.3. The van der Waals surface area contributed by atoms with E-state index in [0.717, 1.165) is 48.6 Å². The van der Waals surface area contributed by atoms with Gasteiger partial charge in [0.1, 0.15) is 11.3 Å². The maximum Gasteiger partial charge on any atom is 0.224 e. The molecule has 1 aliphatic rings. The molecular formula is C21H24N2O4S. The molecule has 1 aliphatic heterocycles. The molecule has 0 radical (unpaired) electrons. The number of nitrogens with one attached hydrogen (secondary N) is 1. The van der Waals surface area contributed by atoms with Crippen molar-refractivity contribution in [2.75, 3.05) is 40.0 Å². The number of furan rings is 1. The van der Waals surface area contributed by atoms with Gasteiger partial charge in [0.2, 0.25) is 5.91 Å². The number of hydrogen-bond donors (Lipinski definition) is 1. The molecule has 0 bridgehead atoms. The Hall–Kier alpha value is -2.35. The summed E-state index contributed by atoms with van der Waals surface area (Å²) in [5.74, 6) is 0.732. The van der Waals surface area contributed by atoms with E-state index in [4.69, 9.17) is 13.9 Å². The van der Waals surface area contributed by atoms with E-state index in [0.29, 0.717) is 13.0 Å². The lowest BCUT2D eigenvalue weighted by atomic mass is 10.1. The Bertz CT molecular complexity index is 916. The van der Waals surface area contributed by atoms with E-state index in [1.165, 1.54) is 4.88 Å². The van der Waals surface area contributed by atoms with Gasteiger partial charge in [-0.1, -0.05) is 6.07 Å². The minimum atomic E-state index is -0.00617. The highest BCUT2D eigenvalue weighted by Crippen LogP contribution is 2.27. The van der Waals surface area contributed by atoms with E-state index in [1.54, 1.807) is 24.7 Å². The van der Waals surface area contributed by atoms with Crippen molar-refractivity contribution in [3.63, 3.8) is 0 Å². The van der Waals surface area contributed by atoms with Crippen molar-refractivity contribution in [1.29, 1.82) is 0 Å². The van der Waals surface area contributed by atoms with Gasteiger partial charge in [0.25, 0.3) is 0 Å². The molecule has 0 spiro atoms. The number of thiophene rings is 1. The molecule has 1 N–H and O–H groups in total. The molecule has 6 nitrogen and oxygen atoms in total. The third kappa shape index (κ3) is 4.22. The van der Waals surface area contributed by atoms with Crippen molar-refractivity contribution < 1.29 is 18.7 Å². The lowest BCUT2D eigenvalue weighted by Crippen LogP contribution is -2.43. The number of nitrogens with zero attached hydrogens (tertiary/aromatic N) is 1. The second kappa shape index (κ2) is 8.77. The van der Waals surface area contributed by atoms with Crippen LogP contribution in [0, 0.1) is 0 Å². The molecule has 7 heteroatoms. The monoisotopic (exact) mass is 400 g/mol. The van der Waals surface area contributed by atoms with Gasteiger partial charge in [-0.25, -0.2) is 0 Å². The minimum absolute atomic E-state index is 0.00617. The fourth-order valence-electron chi connectivity index (χ4n) is 3.55. The molecule has 1 atom stereocenters. The van der Waals surface area contributed by atoms with Crippen molar-refractivity contribution in [3.05, 3.63) is 52.4 Å². The summed E-state index contributed by atoms with van der Waals surface area (Å²) >= 11 is 1.73. The van der Waals surface area contributed by atoms with Crippen molar-refractivity contribution >= 4 is 28.2 Å². The molecule has 2 aromatic heterocycles. The molecule has 1 aromatic carbocycles. The van der Waals surface area contributed by atoms with Gasteiger partial charge in [0.15, 0.2) is 0 Å². The molecule has 4 rings (SSSR count). The lowest BCUT2D eigenvalue weighted by molar-refractivity contribution is -0.120. The standard InChI is InChI=1S/C21H24N2O4S/c1-25-16-4-5-17-15(14-27-19(17)12-16)11-21(24)22-13-18(20-3-2-10-28-20)23-6-8-26-9-7-23/h2-5,10,12,14,18H,6-9,11,13H2,1H3,(H,22,24)/t18-/m1/s1. The number of ether oxygens (including phenoxy) is 2. The lowest BCUT2D eigenvalue weighted by Gasteiger charge is -2.34. The van der Waals surface area contributed by atoms with Gasteiger partial charge < -0.3 is 19.2 Å². The van der Waals surface area contributed by atoms with Crippen LogP contribution in [0.1, 0.15) is 16.5 Å². The highest BCUT2D eigenvalue weighted by Gasteiger charge is 2.24. The Balaban J connectivity index is 1.41. The molecular weight excluding hydrogens is 376 g/mol. The summed E-state index contributed by atoms with van der Waals surface area (Å²) < 4.78 is 16.3. The van der Waals surface area contributed by atoms with Crippen LogP contribution in [0.3, 0.4) is 0 Å². The minimum Gasteiger partial charge on any atom is -0.497 e. The van der Waals surface area contributed by atoms with Gasteiger partial charge in [-0.3, -0.25) is 9.69 Å². The zero-order chi connectivity index (χ0) is 19.3. The first-order valence-electron chi connectivity index (χ1n) is 9.40. The van der Waals surface area contributed by atoms with Crippen molar-refractivity contribution in [3.8, 4) is 5.75 Å². The molecule has 1 amide bonds. The molecule has 148 valence electrons. The van der Waals surface area contributed by atoms with E-state index in [9.17, 15) is 4.79 Å². The highest BCUT2D eigenvalue weighted by atomic mass is 32.1. The van der Waals surface area contributed by atoms with Crippen LogP contribution in [-0.4, -0.2) is 50.8 Å². The number of benzene rings is 1. The van der Waals surface area contributed by atoms with Crippen molar-refractivity contribution in [1.82, 2.24) is 10.2 Å². The summed E-state index contributed by atoms with van der Waals surface area (Å²) in [6, 6.07) is 10.0. The number of carbonyl (C=O) groups excluding carboxylic acids is 1. The van der Waals surface area contributed by atoms with E-state index in [2.05, 4.69) is 27.7 Å². The summed E-state index contributed by atoms with van der Waals surface area (Å²) in [6.45, 7) is 3.82. The molecule has 3 heterocycles. The summed E-state index contributed by atoms with van der Waals surface area (Å²) in [5.41, 5.74) is 1.61. The fraction of sp³-hybridized carbons (Fsp3) is 0.381. The number of methoxy groups -OCH3 is 1. The number of amides is 1. The van der Waals surface area contributed by atoms with Gasteiger partial charge in [0, 0.05) is 41.5 Å². The Morgan fingerprint density at radius 2 is 2.18 bits per heavy atom. The first kappa shape index (κ1) is 19.0. The Morgan fingerprint density at radius 1 is 1.32 bits per heavy atom. The van der Waals surface area contributed by atoms with Crippen LogP contribution >= 0.6 is 11.3 Å². The number of carbonyl (C=O) groups is 1. The van der Waals surface area contributed by atoms with Crippen LogP contribution in [0.5, 0.6) is 5.75 Å². The molecule has 1 saturated heterocycles. The SMILES string of the molecule is COc1ccc2c(CC(=O)NC[C@H](c3cccs3)N3CCOCC3)coc2c1. The number of hydrogen-bond acceptors (Lipinski definition) is 6. The predicted molar refractivity (Wildman–Crippen MR) is 109 cm³/mol. The normalized spacial score (nSPS) is 16.2. The highest BCUT2D eigenvalue weighted by molar-refractivity contribution is 7.10. The smallest absolute Gasteiger partial charge is 0.224 e. The molecule has 28 heavy (non-hydrogen) atoms. The van der Waals surface area contributed by atoms with Gasteiger partial charge in [0.05, 0.1) is 39.0 Å². The van der Waals surface area contributed by atoms with E-state index >= 15 is 0 Å². The zero-order valence-electron chi connectivity index (χ0n) is 15.8. The van der Waals surface area contributed by atoms with Crippen molar-refractivity contribution in [2.45, 2.75) is 12.5 Å². The van der Waals surface area contributed by atoms with Crippen LogP contribution < -0.4 is 10.1 Å². The van der Waals surface area contributed by atoms with Crippen LogP contribution in [-0.2, 0) is 16.0 Å². The average Bonchev–Trinajstić information content (AvgIpc) is 3.39. The topological polar surface area (TPSA) is 63.9 Å². The summed E-state index contributed by atoms with van der Waals surface area (Å²) in [7, 11) is 1.62. The Morgan fingerprint density at radius 3 is 2.93 bits per heavy atom. The third-order valence-corrected chi connectivity index (χ3v) is 6.04. The van der Waals surface area contributed by atoms with Gasteiger partial charge in [-0.05, 0) is 23.6 Å². The van der Waals surface area contributed by atoms with Crippen LogP contribution in [0.25, 0.3) is 11.0 Å². The molecule has 0 aliphatic carbocycles. The third-order valence-electron chi connectivity index (χ3n) is 5.06. The Labute approximate surface area is 168 Å². The van der Waals surface area contributed by atoms with Gasteiger partial charge >= 0.3 is 0 Å². The number of fused-ring (bicyclic) bond motifs is 1. The molecule has 0 saturated carbocycles.